The van der Waals surface area contributed by atoms with Crippen molar-refractivity contribution in [2.45, 2.75) is 0 Å². The Hall–Kier alpha value is -0.352. The van der Waals surface area contributed by atoms with E-state index in [4.69, 9.17) is 18.9 Å². The first kappa shape index (κ1) is 40.6. The average molecular weight is 857 g/mol. The number of allylic oxidation sites excluding steroid dienone is 8. The van der Waals surface area contributed by atoms with Gasteiger partial charge < -0.3 is 118 Å². The largest absolute Gasteiger partial charge is 4.00 e. The van der Waals surface area contributed by atoms with Crippen molar-refractivity contribution in [1.29, 1.82) is 0 Å². The van der Waals surface area contributed by atoms with E-state index in [2.05, 4.69) is 118 Å². The minimum Gasteiger partial charge on any atom is -0.461 e. The van der Waals surface area contributed by atoms with Gasteiger partial charge in [-0.2, -0.15) is 0 Å². The van der Waals surface area contributed by atoms with Crippen LogP contribution in [0.4, 0.5) is 0 Å². The Morgan fingerprint density at radius 1 is 0.463 bits per heavy atom. The molecule has 0 aliphatic carbocycles. The fraction of sp³-hybridized carbons (Fsp3) is 0. The van der Waals surface area contributed by atoms with Crippen LogP contribution in [0.15, 0.2) is 93.8 Å². The fourth-order valence-corrected chi connectivity index (χ4v) is 4.27. The molecule has 0 amide bonds. The van der Waals surface area contributed by atoms with Crippen molar-refractivity contribution < 1.29 is 40.0 Å². The number of ether oxygens (including phenoxy) is 4. The van der Waals surface area contributed by atoms with Crippen molar-refractivity contribution in [3.63, 3.8) is 0 Å². The van der Waals surface area contributed by atoms with E-state index in [9.17, 15) is 0 Å². The maximum absolute atomic E-state index is 4.92. The van der Waals surface area contributed by atoms with Crippen LogP contribution >= 0.6 is 96.7 Å². The van der Waals surface area contributed by atoms with Gasteiger partial charge in [-0.25, -0.2) is 0 Å². The maximum atomic E-state index is 4.92. The van der Waals surface area contributed by atoms with E-state index in [-0.39, 0.29) is 38.6 Å². The summed E-state index contributed by atoms with van der Waals surface area (Å²) in [5.41, 5.74) is 0. The Morgan fingerprint density at radius 3 is 0.780 bits per heavy atom. The standard InChI is InChI=1S/4C5H5NOS3.Mo/c4*8-5(9)7-4-2-1-3-10-6-4;/h4*1-3,6H,(H,8,9);/q;;;;+4/p-4. The summed E-state index contributed by atoms with van der Waals surface area (Å²) in [7, 11) is 0. The van der Waals surface area contributed by atoms with Gasteiger partial charge in [0.05, 0.1) is 0 Å². The molecule has 0 aromatic carbocycles. The molecule has 0 fully saturated rings. The zero-order chi connectivity index (χ0) is 29.6. The first-order chi connectivity index (χ1) is 19.2. The van der Waals surface area contributed by atoms with Crippen molar-refractivity contribution in [2.24, 2.45) is 0 Å². The zero-order valence-corrected chi connectivity index (χ0v) is 31.7. The summed E-state index contributed by atoms with van der Waals surface area (Å²) in [6.45, 7) is 0. The third-order valence-electron chi connectivity index (χ3n) is 2.99. The minimum atomic E-state index is 0. The average Bonchev–Trinajstić information content (AvgIpc) is 2.91. The topological polar surface area (TPSA) is 85.0 Å². The Labute approximate surface area is 313 Å². The second-order valence-electron chi connectivity index (χ2n) is 5.73. The van der Waals surface area contributed by atoms with Gasteiger partial charge in [0.15, 0.2) is 0 Å². The molecule has 4 aliphatic heterocycles. The fourth-order valence-electron chi connectivity index (χ4n) is 1.75. The van der Waals surface area contributed by atoms with Crippen molar-refractivity contribution in [1.82, 2.24) is 18.9 Å². The summed E-state index contributed by atoms with van der Waals surface area (Å²) in [6.07, 6.45) is 14.4. The summed E-state index contributed by atoms with van der Waals surface area (Å²) >= 11 is 42.1. The van der Waals surface area contributed by atoms with Crippen LogP contribution < -0.4 is 18.9 Å². The maximum Gasteiger partial charge on any atom is 4.00 e. The van der Waals surface area contributed by atoms with Gasteiger partial charge in [0.25, 0.3) is 0 Å². The second kappa shape index (κ2) is 26.1. The van der Waals surface area contributed by atoms with Gasteiger partial charge in [-0.3, -0.25) is 18.9 Å². The molecule has 0 aromatic heterocycles. The van der Waals surface area contributed by atoms with Crippen LogP contribution in [-0.2, 0) is 90.5 Å². The second-order valence-corrected chi connectivity index (χ2v) is 12.6. The molecule has 0 spiro atoms. The zero-order valence-electron chi connectivity index (χ0n) is 19.9. The molecule has 41 heavy (non-hydrogen) atoms. The number of thiocarbonyl (C=S) groups is 4. The monoisotopic (exact) mass is 858 g/mol. The summed E-state index contributed by atoms with van der Waals surface area (Å²) in [5.74, 6) is 2.36. The smallest absolute Gasteiger partial charge is 0.461 e. The molecule has 0 saturated carbocycles. The summed E-state index contributed by atoms with van der Waals surface area (Å²) in [6, 6.07) is 0. The number of nitrogens with one attached hydrogen (secondary N) is 4. The molecule has 218 valence electrons. The molecule has 0 saturated heterocycles. The molecule has 0 unspecified atom stereocenters. The molecule has 4 N–H and O–H groups in total. The molecule has 4 aliphatic rings. The number of hydrogen-bond donors (Lipinski definition) is 4. The van der Waals surface area contributed by atoms with Crippen LogP contribution in [0.25, 0.3) is 0 Å². The molecule has 0 atom stereocenters. The van der Waals surface area contributed by atoms with E-state index in [1.54, 1.807) is 24.3 Å². The Bertz CT molecular complexity index is 979. The molecule has 8 nitrogen and oxygen atoms in total. The van der Waals surface area contributed by atoms with Crippen molar-refractivity contribution >= 4 is 165 Å². The minimum absolute atomic E-state index is 0. The predicted molar refractivity (Wildman–Crippen MR) is 196 cm³/mol. The summed E-state index contributed by atoms with van der Waals surface area (Å²) in [4.78, 5) is 0. The van der Waals surface area contributed by atoms with Gasteiger partial charge in [0, 0.05) is 17.5 Å². The van der Waals surface area contributed by atoms with Gasteiger partial charge in [-0.1, -0.05) is 0 Å². The van der Waals surface area contributed by atoms with E-state index in [0.717, 1.165) is 0 Å². The van der Waals surface area contributed by atoms with Gasteiger partial charge >= 0.3 is 21.1 Å². The van der Waals surface area contributed by atoms with Gasteiger partial charge in [-0.05, 0) is 118 Å². The Morgan fingerprint density at radius 2 is 0.659 bits per heavy atom. The molecule has 4 rings (SSSR count). The first-order valence-corrected chi connectivity index (χ1v) is 16.6. The van der Waals surface area contributed by atoms with Crippen LogP contribution in [0.3, 0.4) is 0 Å². The first-order valence-electron chi connectivity index (χ1n) is 9.85. The van der Waals surface area contributed by atoms with Gasteiger partial charge in [0.1, 0.15) is 0 Å². The number of hydrogen-bond acceptors (Lipinski definition) is 20. The van der Waals surface area contributed by atoms with E-state index < -0.39 is 0 Å². The van der Waals surface area contributed by atoms with Crippen LogP contribution in [0, 0.1) is 0 Å². The van der Waals surface area contributed by atoms with Crippen LogP contribution in [0.1, 0.15) is 0 Å². The van der Waals surface area contributed by atoms with Gasteiger partial charge in [0.2, 0.25) is 23.5 Å². The normalized spacial score (nSPS) is 15.0. The van der Waals surface area contributed by atoms with Crippen LogP contribution in [-0.4, -0.2) is 17.5 Å². The summed E-state index contributed by atoms with van der Waals surface area (Å²) in [5, 5.41) is 7.55. The molecule has 4 heterocycles. The molecular weight excluding hydrogens is 841 g/mol. The Kier molecular flexibility index (Phi) is 25.9. The quantitative estimate of drug-likeness (QED) is 0.120. The van der Waals surface area contributed by atoms with Crippen LogP contribution in [0.2, 0.25) is 0 Å². The van der Waals surface area contributed by atoms with Gasteiger partial charge in [-0.15, -0.1) is 0 Å². The van der Waals surface area contributed by atoms with E-state index in [1.807, 2.05) is 45.9 Å². The van der Waals surface area contributed by atoms with Crippen LogP contribution in [0.5, 0.6) is 0 Å². The third kappa shape index (κ3) is 24.8. The molecule has 0 radical (unpaired) electrons. The van der Waals surface area contributed by atoms with Crippen molar-refractivity contribution in [3.8, 4) is 0 Å². The number of rotatable bonds is 4. The summed E-state index contributed by atoms with van der Waals surface area (Å²) < 4.78 is 31.5. The molecular formula is C20H16MoN4O4S12. The molecule has 21 heteroatoms. The van der Waals surface area contributed by atoms with E-state index >= 15 is 0 Å². The van der Waals surface area contributed by atoms with E-state index in [0.29, 0.717) is 23.5 Å². The third-order valence-corrected chi connectivity index (χ3v) is 6.10. The predicted octanol–water partition coefficient (Wildman–Crippen LogP) is 5.76. The van der Waals surface area contributed by atoms with Crippen molar-refractivity contribution in [3.05, 3.63) is 93.8 Å². The SMILES string of the molecule is S=C([S-])OC1=CC=CSN1.S=C([S-])OC1=CC=CSN1.S=C([S-])OC1=CC=CSN1.S=C([S-])OC1=CC=CSN1.[Mo+4]. The molecule has 0 aromatic rings. The van der Waals surface area contributed by atoms with E-state index in [1.165, 1.54) is 47.8 Å². The van der Waals surface area contributed by atoms with Crippen molar-refractivity contribution in [2.75, 3.05) is 0 Å². The Balaban J connectivity index is 0.000000516. The molecule has 0 bridgehead atoms.